The zero-order valence-electron chi connectivity index (χ0n) is 13.1. The summed E-state index contributed by atoms with van der Waals surface area (Å²) in [6.07, 6.45) is 0.872. The third-order valence-corrected chi connectivity index (χ3v) is 4.52. The van der Waals surface area contributed by atoms with E-state index in [0.717, 1.165) is 6.42 Å². The zero-order valence-corrected chi connectivity index (χ0v) is 17.5. The first-order valence-electron chi connectivity index (χ1n) is 6.17. The Kier molecular flexibility index (Phi) is 12.2. The summed E-state index contributed by atoms with van der Waals surface area (Å²) in [5.41, 5.74) is 0. The van der Waals surface area contributed by atoms with Crippen LogP contribution in [0.3, 0.4) is 0 Å². The van der Waals surface area contributed by atoms with Crippen molar-refractivity contribution in [1.29, 1.82) is 0 Å². The minimum atomic E-state index is -4.67. The number of halogens is 1. The summed E-state index contributed by atoms with van der Waals surface area (Å²) in [6.45, 7) is 7.78. The second-order valence-electron chi connectivity index (χ2n) is 4.52. The fourth-order valence-electron chi connectivity index (χ4n) is 1.28. The average molecular weight is 396 g/mol. The third kappa shape index (κ3) is 12.3. The molecule has 128 valence electrons. The topological polar surface area (TPSA) is 121 Å². The van der Waals surface area contributed by atoms with Gasteiger partial charge in [0.1, 0.15) is 0 Å². The molecule has 0 aliphatic rings. The summed E-state index contributed by atoms with van der Waals surface area (Å²) >= 11 is 5.71. The minimum Gasteiger partial charge on any atom is -0.325 e. The van der Waals surface area contributed by atoms with Crippen LogP contribution in [0.4, 0.5) is 0 Å². The number of hydrogen-bond acceptors (Lipinski definition) is 4. The van der Waals surface area contributed by atoms with E-state index < -0.39 is 20.4 Å². The molecular formula is C12H19ClNNaO6S2. The van der Waals surface area contributed by atoms with Crippen molar-refractivity contribution in [2.45, 2.75) is 31.2 Å². The Morgan fingerprint density at radius 2 is 1.57 bits per heavy atom. The predicted molar refractivity (Wildman–Crippen MR) is 84.6 cm³/mol. The second kappa shape index (κ2) is 11.0. The molecule has 0 radical (unpaired) electrons. The van der Waals surface area contributed by atoms with Crippen molar-refractivity contribution in [1.82, 2.24) is 4.72 Å². The van der Waals surface area contributed by atoms with E-state index in [1.807, 2.05) is 13.8 Å². The molecule has 0 fully saturated rings. The van der Waals surface area contributed by atoms with Crippen molar-refractivity contribution >= 4 is 32.0 Å². The predicted octanol–water partition coefficient (Wildman–Crippen LogP) is -0.782. The summed E-state index contributed by atoms with van der Waals surface area (Å²) in [4.78, 5) is 0.207. The van der Waals surface area contributed by atoms with Crippen LogP contribution < -0.4 is 34.3 Å². The van der Waals surface area contributed by atoms with E-state index >= 15 is 0 Å². The molecule has 0 bridgehead atoms. The van der Waals surface area contributed by atoms with Gasteiger partial charge in [-0.25, -0.2) is 13.1 Å². The van der Waals surface area contributed by atoms with Gasteiger partial charge < -0.3 is 6.92 Å². The Labute approximate surface area is 164 Å². The Morgan fingerprint density at radius 3 is 1.91 bits per heavy atom. The molecule has 1 aromatic rings. The molecule has 0 saturated heterocycles. The van der Waals surface area contributed by atoms with Gasteiger partial charge in [0.15, 0.2) is 0 Å². The Morgan fingerprint density at radius 1 is 1.17 bits per heavy atom. The van der Waals surface area contributed by atoms with Crippen LogP contribution in [0.2, 0.25) is 5.02 Å². The quantitative estimate of drug-likeness (QED) is 0.341. The van der Waals surface area contributed by atoms with Crippen molar-refractivity contribution in [3.05, 3.63) is 36.2 Å². The minimum absolute atomic E-state index is 0. The third-order valence-electron chi connectivity index (χ3n) is 2.76. The second-order valence-corrected chi connectivity index (χ2v) is 7.56. The molecule has 0 aromatic heterocycles. The van der Waals surface area contributed by atoms with Crippen molar-refractivity contribution in [3.8, 4) is 0 Å². The number of sulfonamides is 1. The summed E-state index contributed by atoms with van der Waals surface area (Å²) in [6, 6.07) is 5.73. The van der Waals surface area contributed by atoms with Gasteiger partial charge >= 0.3 is 40.0 Å². The van der Waals surface area contributed by atoms with E-state index in [4.69, 9.17) is 29.1 Å². The van der Waals surface area contributed by atoms with Crippen LogP contribution in [0.25, 0.3) is 0 Å². The molecule has 0 aliphatic carbocycles. The number of hydrogen-bond donors (Lipinski definition) is 3. The standard InChI is InChI=1S/C12H17ClNO2S.Na.H2O4S/c1-4-9(2)10(3)14-17(15,16)12-7-5-11(13)6-8-12;;1-5(2,3)4/h5-10,14H,3-4H2,1-2H3;;(H2,1,2,3,4)/q-1;+1;. The summed E-state index contributed by atoms with van der Waals surface area (Å²) in [7, 11) is -8.17. The average Bonchev–Trinajstić information content (AvgIpc) is 2.35. The smallest absolute Gasteiger partial charge is 0.325 e. The molecular weight excluding hydrogens is 377 g/mol. The van der Waals surface area contributed by atoms with E-state index in [9.17, 15) is 8.42 Å². The molecule has 0 aliphatic heterocycles. The van der Waals surface area contributed by atoms with Gasteiger partial charge in [-0.2, -0.15) is 8.42 Å². The van der Waals surface area contributed by atoms with Crippen LogP contribution in [0.15, 0.2) is 29.2 Å². The maximum Gasteiger partial charge on any atom is 1.00 e. The van der Waals surface area contributed by atoms with E-state index in [1.165, 1.54) is 12.1 Å². The number of benzene rings is 1. The van der Waals surface area contributed by atoms with Crippen LogP contribution in [0.1, 0.15) is 20.3 Å². The Bertz CT molecular complexity index is 655. The van der Waals surface area contributed by atoms with Crippen LogP contribution in [0.5, 0.6) is 0 Å². The van der Waals surface area contributed by atoms with Crippen LogP contribution >= 0.6 is 11.6 Å². The first kappa shape index (κ1) is 25.5. The van der Waals surface area contributed by atoms with Gasteiger partial charge in [-0.15, -0.1) is 6.04 Å². The normalized spacial score (nSPS) is 14.0. The van der Waals surface area contributed by atoms with Crippen LogP contribution in [-0.4, -0.2) is 32.0 Å². The summed E-state index contributed by atoms with van der Waals surface area (Å²) in [5.74, 6) is 0.192. The largest absolute Gasteiger partial charge is 1.00 e. The van der Waals surface area contributed by atoms with Gasteiger partial charge in [0, 0.05) is 5.02 Å². The van der Waals surface area contributed by atoms with E-state index in [-0.39, 0.29) is 46.4 Å². The van der Waals surface area contributed by atoms with Crippen molar-refractivity contribution in [2.75, 3.05) is 0 Å². The molecule has 3 N–H and O–H groups in total. The van der Waals surface area contributed by atoms with Gasteiger partial charge in [0.25, 0.3) is 0 Å². The van der Waals surface area contributed by atoms with Gasteiger partial charge in [-0.3, -0.25) is 9.11 Å². The molecule has 1 rings (SSSR count). The monoisotopic (exact) mass is 395 g/mol. The number of nitrogens with one attached hydrogen (secondary N) is 1. The molecule has 0 saturated carbocycles. The molecule has 2 unspecified atom stereocenters. The maximum atomic E-state index is 12.0. The summed E-state index contributed by atoms with van der Waals surface area (Å²) in [5, 5.41) is 0.511. The molecule has 23 heavy (non-hydrogen) atoms. The molecule has 0 spiro atoms. The molecule has 2 atom stereocenters. The zero-order chi connectivity index (χ0) is 17.6. The van der Waals surface area contributed by atoms with E-state index in [1.54, 1.807) is 12.1 Å². The molecule has 0 amide bonds. The van der Waals surface area contributed by atoms with Crippen molar-refractivity contribution in [2.24, 2.45) is 5.92 Å². The first-order valence-corrected chi connectivity index (χ1v) is 9.43. The first-order chi connectivity index (χ1) is 9.86. The van der Waals surface area contributed by atoms with Crippen LogP contribution in [-0.2, 0) is 20.4 Å². The molecule has 11 heteroatoms. The SMILES string of the molecule is O=S(=O)(O)O.[CH2-]C(NS(=O)(=O)c1ccc(Cl)cc1)C(C)CC.[Na+]. The van der Waals surface area contributed by atoms with Gasteiger partial charge in [0.05, 0.1) is 4.90 Å². The maximum absolute atomic E-state index is 12.0. The fraction of sp³-hybridized carbons (Fsp3) is 0.417. The van der Waals surface area contributed by atoms with Crippen molar-refractivity contribution < 1.29 is 55.5 Å². The van der Waals surface area contributed by atoms with E-state index in [2.05, 4.69) is 11.6 Å². The van der Waals surface area contributed by atoms with Gasteiger partial charge in [-0.1, -0.05) is 37.8 Å². The van der Waals surface area contributed by atoms with Gasteiger partial charge in [-0.05, 0) is 24.3 Å². The molecule has 0 heterocycles. The van der Waals surface area contributed by atoms with Gasteiger partial charge in [0.2, 0.25) is 10.0 Å². The fourth-order valence-corrected chi connectivity index (χ4v) is 2.67. The van der Waals surface area contributed by atoms with Crippen LogP contribution in [0, 0.1) is 12.8 Å². The molecule has 7 nitrogen and oxygen atoms in total. The van der Waals surface area contributed by atoms with Crippen molar-refractivity contribution in [3.63, 3.8) is 0 Å². The summed E-state index contributed by atoms with van der Waals surface area (Å²) < 4.78 is 58.1. The number of rotatable bonds is 5. The Hall–Kier alpha value is 0.290. The van der Waals surface area contributed by atoms with E-state index in [0.29, 0.717) is 5.02 Å². The Balaban J connectivity index is 0. The molecule has 1 aromatic carbocycles.